The number of aromatic amines is 1. The first-order chi connectivity index (χ1) is 6.70. The zero-order valence-electron chi connectivity index (χ0n) is 7.69. The van der Waals surface area contributed by atoms with Crippen molar-refractivity contribution in [1.82, 2.24) is 14.5 Å². The zero-order valence-corrected chi connectivity index (χ0v) is 7.69. The molecule has 0 atom stereocenters. The van der Waals surface area contributed by atoms with Crippen LogP contribution in [-0.4, -0.2) is 14.5 Å². The molecule has 5 heteroatoms. The standard InChI is InChI=1S/C9H10N4O/c1-13-8(10)7(12-9(13)14)6-3-2-4-11-5-6/h2-5H,10H2,1H3,(H,12,14). The monoisotopic (exact) mass is 190 g/mol. The molecule has 2 aromatic rings. The molecule has 0 aliphatic heterocycles. The Hall–Kier alpha value is -2.04. The molecular formula is C9H10N4O. The quantitative estimate of drug-likeness (QED) is 0.681. The second kappa shape index (κ2) is 3.02. The number of pyridine rings is 1. The summed E-state index contributed by atoms with van der Waals surface area (Å²) < 4.78 is 1.36. The van der Waals surface area contributed by atoms with Crippen molar-refractivity contribution in [2.75, 3.05) is 5.73 Å². The van der Waals surface area contributed by atoms with Crippen LogP contribution < -0.4 is 11.4 Å². The molecule has 72 valence electrons. The molecule has 0 saturated heterocycles. The fourth-order valence-corrected chi connectivity index (χ4v) is 1.26. The molecular weight excluding hydrogens is 180 g/mol. The van der Waals surface area contributed by atoms with Crippen molar-refractivity contribution in [2.24, 2.45) is 7.05 Å². The van der Waals surface area contributed by atoms with E-state index in [4.69, 9.17) is 5.73 Å². The number of nitrogens with one attached hydrogen (secondary N) is 1. The zero-order chi connectivity index (χ0) is 10.1. The van der Waals surface area contributed by atoms with Gasteiger partial charge >= 0.3 is 5.69 Å². The Morgan fingerprint density at radius 3 is 2.86 bits per heavy atom. The average Bonchev–Trinajstić information content (AvgIpc) is 2.47. The summed E-state index contributed by atoms with van der Waals surface area (Å²) in [6.45, 7) is 0. The van der Waals surface area contributed by atoms with Crippen LogP contribution in [0, 0.1) is 0 Å². The van der Waals surface area contributed by atoms with Gasteiger partial charge in [0.2, 0.25) is 0 Å². The van der Waals surface area contributed by atoms with Crippen molar-refractivity contribution in [3.8, 4) is 11.3 Å². The highest BCUT2D eigenvalue weighted by molar-refractivity contribution is 5.69. The van der Waals surface area contributed by atoms with Gasteiger partial charge in [-0.05, 0) is 12.1 Å². The van der Waals surface area contributed by atoms with Crippen molar-refractivity contribution in [2.45, 2.75) is 0 Å². The van der Waals surface area contributed by atoms with Crippen molar-refractivity contribution >= 4 is 5.82 Å². The molecule has 0 aliphatic rings. The summed E-state index contributed by atoms with van der Waals surface area (Å²) >= 11 is 0. The minimum Gasteiger partial charge on any atom is -0.383 e. The minimum absolute atomic E-state index is 0.221. The molecule has 2 aromatic heterocycles. The van der Waals surface area contributed by atoms with Gasteiger partial charge in [0.25, 0.3) is 0 Å². The maximum Gasteiger partial charge on any atom is 0.327 e. The lowest BCUT2D eigenvalue weighted by Gasteiger charge is -1.98. The summed E-state index contributed by atoms with van der Waals surface area (Å²) in [4.78, 5) is 17.9. The highest BCUT2D eigenvalue weighted by atomic mass is 16.1. The highest BCUT2D eigenvalue weighted by Gasteiger charge is 2.09. The van der Waals surface area contributed by atoms with Crippen LogP contribution in [0.25, 0.3) is 11.3 Å². The Kier molecular flexibility index (Phi) is 1.85. The highest BCUT2D eigenvalue weighted by Crippen LogP contribution is 2.19. The molecule has 0 spiro atoms. The van der Waals surface area contributed by atoms with Crippen LogP contribution >= 0.6 is 0 Å². The summed E-state index contributed by atoms with van der Waals surface area (Å²) in [6.07, 6.45) is 3.32. The van der Waals surface area contributed by atoms with Gasteiger partial charge in [0, 0.05) is 25.0 Å². The van der Waals surface area contributed by atoms with Crippen molar-refractivity contribution < 1.29 is 0 Å². The Labute approximate surface area is 80.2 Å². The van der Waals surface area contributed by atoms with Gasteiger partial charge in [0.1, 0.15) is 5.82 Å². The number of nitrogens with two attached hydrogens (primary N) is 1. The normalized spacial score (nSPS) is 10.4. The molecule has 0 fully saturated rings. The van der Waals surface area contributed by atoms with Crippen LogP contribution in [0.1, 0.15) is 0 Å². The first kappa shape index (κ1) is 8.55. The Balaban J connectivity index is 2.64. The summed E-state index contributed by atoms with van der Waals surface area (Å²) in [5.41, 5.74) is 6.94. The summed E-state index contributed by atoms with van der Waals surface area (Å²) in [7, 11) is 1.62. The predicted octanol–water partition coefficient (Wildman–Crippen LogP) is 0.358. The van der Waals surface area contributed by atoms with Crippen molar-refractivity contribution in [1.29, 1.82) is 0 Å². The lowest BCUT2D eigenvalue weighted by atomic mass is 10.2. The first-order valence-corrected chi connectivity index (χ1v) is 4.15. The smallest absolute Gasteiger partial charge is 0.327 e. The largest absolute Gasteiger partial charge is 0.383 e. The minimum atomic E-state index is -0.221. The number of hydrogen-bond donors (Lipinski definition) is 2. The maximum atomic E-state index is 11.2. The van der Waals surface area contributed by atoms with Crippen LogP contribution in [0.5, 0.6) is 0 Å². The Morgan fingerprint density at radius 2 is 2.36 bits per heavy atom. The van der Waals surface area contributed by atoms with E-state index in [2.05, 4.69) is 9.97 Å². The van der Waals surface area contributed by atoms with E-state index in [1.165, 1.54) is 4.57 Å². The molecule has 2 heterocycles. The van der Waals surface area contributed by atoms with E-state index in [0.29, 0.717) is 11.5 Å². The van der Waals surface area contributed by atoms with Crippen molar-refractivity contribution in [3.63, 3.8) is 0 Å². The van der Waals surface area contributed by atoms with Crippen LogP contribution in [-0.2, 0) is 7.05 Å². The molecule has 5 nitrogen and oxygen atoms in total. The van der Waals surface area contributed by atoms with E-state index in [1.54, 1.807) is 25.5 Å². The average molecular weight is 190 g/mol. The third-order valence-electron chi connectivity index (χ3n) is 2.10. The molecule has 3 N–H and O–H groups in total. The number of anilines is 1. The van der Waals surface area contributed by atoms with Crippen LogP contribution in [0.3, 0.4) is 0 Å². The second-order valence-corrected chi connectivity index (χ2v) is 2.99. The van der Waals surface area contributed by atoms with Crippen LogP contribution in [0.2, 0.25) is 0 Å². The molecule has 0 saturated carbocycles. The van der Waals surface area contributed by atoms with E-state index in [9.17, 15) is 4.79 Å². The van der Waals surface area contributed by atoms with Crippen molar-refractivity contribution in [3.05, 3.63) is 35.0 Å². The molecule has 0 radical (unpaired) electrons. The maximum absolute atomic E-state index is 11.2. The summed E-state index contributed by atoms with van der Waals surface area (Å²) in [5.74, 6) is 0.419. The number of H-pyrrole nitrogens is 1. The van der Waals surface area contributed by atoms with Gasteiger partial charge in [-0.15, -0.1) is 0 Å². The third-order valence-corrected chi connectivity index (χ3v) is 2.10. The third kappa shape index (κ3) is 1.19. The van der Waals surface area contributed by atoms with E-state index in [-0.39, 0.29) is 5.69 Å². The molecule has 14 heavy (non-hydrogen) atoms. The summed E-state index contributed by atoms with van der Waals surface area (Å²) in [5, 5.41) is 0. The van der Waals surface area contributed by atoms with Gasteiger partial charge in [0.05, 0.1) is 5.69 Å². The van der Waals surface area contributed by atoms with E-state index < -0.39 is 0 Å². The fraction of sp³-hybridized carbons (Fsp3) is 0.111. The molecule has 0 aromatic carbocycles. The van der Waals surface area contributed by atoms with Gasteiger partial charge in [-0.1, -0.05) is 0 Å². The molecule has 2 rings (SSSR count). The number of nitrogens with zero attached hydrogens (tertiary/aromatic N) is 2. The molecule has 0 unspecified atom stereocenters. The topological polar surface area (TPSA) is 76.7 Å². The lowest BCUT2D eigenvalue weighted by Crippen LogP contribution is -2.13. The Bertz CT molecular complexity index is 497. The molecule has 0 aliphatic carbocycles. The van der Waals surface area contributed by atoms with E-state index in [1.807, 2.05) is 6.07 Å². The van der Waals surface area contributed by atoms with Gasteiger partial charge in [0.15, 0.2) is 0 Å². The van der Waals surface area contributed by atoms with Gasteiger partial charge in [-0.2, -0.15) is 0 Å². The molecule has 0 bridgehead atoms. The second-order valence-electron chi connectivity index (χ2n) is 2.99. The molecule has 0 amide bonds. The first-order valence-electron chi connectivity index (χ1n) is 4.15. The van der Waals surface area contributed by atoms with E-state index in [0.717, 1.165) is 5.56 Å². The lowest BCUT2D eigenvalue weighted by molar-refractivity contribution is 0.873. The van der Waals surface area contributed by atoms with Crippen LogP contribution in [0.4, 0.5) is 5.82 Å². The van der Waals surface area contributed by atoms with Gasteiger partial charge in [-0.25, -0.2) is 4.79 Å². The fourth-order valence-electron chi connectivity index (χ4n) is 1.26. The number of aromatic nitrogens is 3. The van der Waals surface area contributed by atoms with Gasteiger partial charge in [-0.3, -0.25) is 9.55 Å². The Morgan fingerprint density at radius 1 is 1.57 bits per heavy atom. The predicted molar refractivity (Wildman–Crippen MR) is 53.7 cm³/mol. The van der Waals surface area contributed by atoms with Gasteiger partial charge < -0.3 is 10.7 Å². The number of rotatable bonds is 1. The number of hydrogen-bond acceptors (Lipinski definition) is 3. The SMILES string of the molecule is Cn1c(N)c(-c2cccnc2)[nH]c1=O. The number of imidazole rings is 1. The van der Waals surface area contributed by atoms with E-state index >= 15 is 0 Å². The summed E-state index contributed by atoms with van der Waals surface area (Å²) in [6, 6.07) is 3.63. The number of nitrogen functional groups attached to an aromatic ring is 1. The van der Waals surface area contributed by atoms with Crippen LogP contribution in [0.15, 0.2) is 29.3 Å².